The number of rotatable bonds is 8. The van der Waals surface area contributed by atoms with E-state index < -0.39 is 5.60 Å². The molecule has 1 aliphatic heterocycles. The molecular formula is C29H38FN3O4. The number of aryl methyl sites for hydroxylation is 1. The van der Waals surface area contributed by atoms with Crippen LogP contribution in [0.5, 0.6) is 5.75 Å². The van der Waals surface area contributed by atoms with Gasteiger partial charge in [0.1, 0.15) is 5.60 Å². The number of piperazine rings is 1. The number of anilines is 1. The maximum absolute atomic E-state index is 14.5. The van der Waals surface area contributed by atoms with E-state index >= 15 is 0 Å². The molecule has 4 rings (SSSR count). The van der Waals surface area contributed by atoms with Crippen molar-refractivity contribution >= 4 is 17.8 Å². The summed E-state index contributed by atoms with van der Waals surface area (Å²) in [6.45, 7) is 7.82. The molecule has 1 aliphatic carbocycles. The summed E-state index contributed by atoms with van der Waals surface area (Å²) in [4.78, 5) is 28.2. The summed E-state index contributed by atoms with van der Waals surface area (Å²) in [5.74, 6) is 0.522. The topological polar surface area (TPSA) is 71.1 Å². The van der Waals surface area contributed by atoms with Crippen LogP contribution in [0.25, 0.3) is 0 Å². The van der Waals surface area contributed by atoms with Crippen LogP contribution < -0.4 is 10.1 Å². The molecule has 3 amide bonds. The molecule has 0 bridgehead atoms. The summed E-state index contributed by atoms with van der Waals surface area (Å²) in [5.41, 5.74) is 2.16. The zero-order chi connectivity index (χ0) is 26.4. The lowest BCUT2D eigenvalue weighted by atomic mass is 10.1. The second-order valence-corrected chi connectivity index (χ2v) is 10.8. The van der Waals surface area contributed by atoms with E-state index in [0.717, 1.165) is 43.4 Å². The van der Waals surface area contributed by atoms with Gasteiger partial charge in [0.2, 0.25) is 0 Å². The fourth-order valence-corrected chi connectivity index (χ4v) is 4.34. The zero-order valence-corrected chi connectivity index (χ0v) is 22.1. The van der Waals surface area contributed by atoms with Gasteiger partial charge in [0, 0.05) is 31.9 Å². The number of amides is 3. The number of nitrogens with zero attached hydrogens (tertiary/aromatic N) is 2. The monoisotopic (exact) mass is 511 g/mol. The molecule has 200 valence electrons. The van der Waals surface area contributed by atoms with Gasteiger partial charge in [0.15, 0.2) is 11.6 Å². The molecule has 1 saturated carbocycles. The molecule has 2 aromatic rings. The van der Waals surface area contributed by atoms with Crippen molar-refractivity contribution in [2.75, 3.05) is 38.1 Å². The third kappa shape index (κ3) is 7.84. The van der Waals surface area contributed by atoms with Gasteiger partial charge >= 0.3 is 12.1 Å². The molecule has 7 nitrogen and oxygen atoms in total. The van der Waals surface area contributed by atoms with E-state index in [-0.39, 0.29) is 17.9 Å². The van der Waals surface area contributed by atoms with Gasteiger partial charge in [-0.05, 0) is 88.1 Å². The third-order valence-electron chi connectivity index (χ3n) is 6.55. The Morgan fingerprint density at radius 3 is 2.30 bits per heavy atom. The second-order valence-electron chi connectivity index (χ2n) is 10.8. The van der Waals surface area contributed by atoms with Crippen LogP contribution in [0, 0.1) is 5.82 Å². The van der Waals surface area contributed by atoms with Crippen LogP contribution in [0.1, 0.15) is 63.5 Å². The summed E-state index contributed by atoms with van der Waals surface area (Å²) in [6.07, 6.45) is 4.43. The Balaban J connectivity index is 1.14. The maximum Gasteiger partial charge on any atom is 0.410 e. The Hall–Kier alpha value is -3.29. The second kappa shape index (κ2) is 11.8. The molecular weight excluding hydrogens is 473 g/mol. The molecule has 1 heterocycles. The van der Waals surface area contributed by atoms with Gasteiger partial charge < -0.3 is 24.6 Å². The Morgan fingerprint density at radius 1 is 0.973 bits per heavy atom. The van der Waals surface area contributed by atoms with Crippen LogP contribution in [0.15, 0.2) is 42.5 Å². The van der Waals surface area contributed by atoms with E-state index in [1.807, 2.05) is 57.2 Å². The average molecular weight is 512 g/mol. The van der Waals surface area contributed by atoms with Crippen LogP contribution in [-0.2, 0) is 11.2 Å². The van der Waals surface area contributed by atoms with Crippen LogP contribution in [0.3, 0.4) is 0 Å². The summed E-state index contributed by atoms with van der Waals surface area (Å²) >= 11 is 0. The number of carbonyl (C=O) groups excluding carboxylic acids is 2. The number of hydrogen-bond donors (Lipinski definition) is 1. The minimum Gasteiger partial charge on any atom is -0.491 e. The summed E-state index contributed by atoms with van der Waals surface area (Å²) in [7, 11) is 0. The molecule has 37 heavy (non-hydrogen) atoms. The Labute approximate surface area is 218 Å². The first-order chi connectivity index (χ1) is 17.7. The van der Waals surface area contributed by atoms with Gasteiger partial charge in [-0.2, -0.15) is 0 Å². The van der Waals surface area contributed by atoms with Crippen molar-refractivity contribution in [3.05, 3.63) is 59.4 Å². The minimum atomic E-state index is -0.535. The van der Waals surface area contributed by atoms with E-state index in [0.29, 0.717) is 44.5 Å². The van der Waals surface area contributed by atoms with Gasteiger partial charge in [-0.1, -0.05) is 24.3 Å². The molecule has 0 spiro atoms. The van der Waals surface area contributed by atoms with E-state index in [2.05, 4.69) is 5.32 Å². The first kappa shape index (κ1) is 26.8. The standard InChI is InChI=1S/C29H38FN3O4/c1-29(2,3)37-28(35)33-18-16-32(17-19-33)27(34)31-23-14-10-21(11-15-23)7-4-5-20-36-25-9-6-8-24(26(25)30)22-12-13-22/h6,8-11,14-15,22H,4-5,7,12-13,16-20H2,1-3H3,(H,31,34). The van der Waals surface area contributed by atoms with Crippen LogP contribution in [0.4, 0.5) is 19.7 Å². The molecule has 1 saturated heterocycles. The molecule has 0 aromatic heterocycles. The molecule has 1 N–H and O–H groups in total. The van der Waals surface area contributed by atoms with Crippen LogP contribution in [0.2, 0.25) is 0 Å². The molecule has 2 fully saturated rings. The van der Waals surface area contributed by atoms with E-state index in [9.17, 15) is 14.0 Å². The third-order valence-corrected chi connectivity index (χ3v) is 6.55. The molecule has 2 aromatic carbocycles. The van der Waals surface area contributed by atoms with Crippen molar-refractivity contribution in [1.82, 2.24) is 9.80 Å². The first-order valence-electron chi connectivity index (χ1n) is 13.2. The van der Waals surface area contributed by atoms with Crippen molar-refractivity contribution in [2.24, 2.45) is 0 Å². The normalized spacial score (nSPS) is 15.9. The lowest BCUT2D eigenvalue weighted by molar-refractivity contribution is 0.0174. The molecule has 0 atom stereocenters. The number of nitrogens with one attached hydrogen (secondary N) is 1. The highest BCUT2D eigenvalue weighted by Crippen LogP contribution is 2.42. The van der Waals surface area contributed by atoms with Gasteiger partial charge in [0.05, 0.1) is 6.61 Å². The number of benzene rings is 2. The Kier molecular flexibility index (Phi) is 8.56. The largest absolute Gasteiger partial charge is 0.491 e. The number of urea groups is 1. The van der Waals surface area contributed by atoms with Crippen molar-refractivity contribution in [1.29, 1.82) is 0 Å². The highest BCUT2D eigenvalue weighted by molar-refractivity contribution is 5.89. The van der Waals surface area contributed by atoms with Crippen molar-refractivity contribution < 1.29 is 23.5 Å². The van der Waals surface area contributed by atoms with Gasteiger partial charge in [-0.25, -0.2) is 14.0 Å². The quantitative estimate of drug-likeness (QED) is 0.429. The Morgan fingerprint density at radius 2 is 1.65 bits per heavy atom. The zero-order valence-electron chi connectivity index (χ0n) is 22.1. The van der Waals surface area contributed by atoms with E-state index in [4.69, 9.17) is 9.47 Å². The van der Waals surface area contributed by atoms with Crippen LogP contribution in [-0.4, -0.2) is 60.3 Å². The van der Waals surface area contributed by atoms with Crippen molar-refractivity contribution in [3.63, 3.8) is 0 Å². The van der Waals surface area contributed by atoms with E-state index in [1.165, 1.54) is 5.56 Å². The van der Waals surface area contributed by atoms with E-state index in [1.54, 1.807) is 15.9 Å². The smallest absolute Gasteiger partial charge is 0.410 e. The van der Waals surface area contributed by atoms with Crippen LogP contribution >= 0.6 is 0 Å². The lowest BCUT2D eigenvalue weighted by Crippen LogP contribution is -2.52. The van der Waals surface area contributed by atoms with Gasteiger partial charge in [-0.3, -0.25) is 0 Å². The first-order valence-corrected chi connectivity index (χ1v) is 13.2. The number of hydrogen-bond acceptors (Lipinski definition) is 4. The summed E-state index contributed by atoms with van der Waals surface area (Å²) in [6, 6.07) is 13.1. The molecule has 2 aliphatic rings. The predicted molar refractivity (Wildman–Crippen MR) is 142 cm³/mol. The fraction of sp³-hybridized carbons (Fsp3) is 0.517. The highest BCUT2D eigenvalue weighted by atomic mass is 19.1. The number of unbranched alkanes of at least 4 members (excludes halogenated alkanes) is 1. The number of halogens is 1. The number of carbonyl (C=O) groups is 2. The fourth-order valence-electron chi connectivity index (χ4n) is 4.34. The molecule has 0 radical (unpaired) electrons. The molecule has 0 unspecified atom stereocenters. The number of ether oxygens (including phenoxy) is 2. The lowest BCUT2D eigenvalue weighted by Gasteiger charge is -2.35. The van der Waals surface area contributed by atoms with Crippen molar-refractivity contribution in [3.8, 4) is 5.75 Å². The molecule has 8 heteroatoms. The van der Waals surface area contributed by atoms with Crippen molar-refractivity contribution in [2.45, 2.75) is 64.4 Å². The average Bonchev–Trinajstić information content (AvgIpc) is 3.70. The minimum absolute atomic E-state index is 0.174. The maximum atomic E-state index is 14.5. The Bertz CT molecular complexity index is 1070. The summed E-state index contributed by atoms with van der Waals surface area (Å²) < 4.78 is 25.6. The van der Waals surface area contributed by atoms with Gasteiger partial charge in [0.25, 0.3) is 0 Å². The SMILES string of the molecule is CC(C)(C)OC(=O)N1CCN(C(=O)Nc2ccc(CCCCOc3cccc(C4CC4)c3F)cc2)CC1. The van der Waals surface area contributed by atoms with Gasteiger partial charge in [-0.15, -0.1) is 0 Å². The summed E-state index contributed by atoms with van der Waals surface area (Å²) in [5, 5.41) is 2.93. The highest BCUT2D eigenvalue weighted by Gasteiger charge is 2.28. The predicted octanol–water partition coefficient (Wildman–Crippen LogP) is 6.19.